The van der Waals surface area contributed by atoms with Gasteiger partial charge in [0.15, 0.2) is 0 Å². The Labute approximate surface area is 99.8 Å². The van der Waals surface area contributed by atoms with Crippen molar-refractivity contribution in [1.29, 1.82) is 0 Å². The van der Waals surface area contributed by atoms with Gasteiger partial charge in [-0.25, -0.2) is 0 Å². The van der Waals surface area contributed by atoms with Crippen molar-refractivity contribution in [1.82, 2.24) is 0 Å². The van der Waals surface area contributed by atoms with Crippen molar-refractivity contribution >= 4 is 0 Å². The summed E-state index contributed by atoms with van der Waals surface area (Å²) in [6.07, 6.45) is 9.49. The minimum atomic E-state index is 0.491. The van der Waals surface area contributed by atoms with Gasteiger partial charge in [0, 0.05) is 0 Å². The van der Waals surface area contributed by atoms with E-state index < -0.39 is 0 Å². The summed E-state index contributed by atoms with van der Waals surface area (Å²) in [7, 11) is 0. The Morgan fingerprint density at radius 3 is 2.69 bits per heavy atom. The van der Waals surface area contributed by atoms with E-state index >= 15 is 0 Å². The standard InChI is InChI=1S/C16H22/c1-6-8-16-13(5)9-10-15(12(3)4)11-14(16)7-2/h6-7,11,15H,1-3,8-10H2,4-5H3/t15-/m1/s1. The van der Waals surface area contributed by atoms with Crippen molar-refractivity contribution in [2.45, 2.75) is 33.1 Å². The highest BCUT2D eigenvalue weighted by atomic mass is 14.2. The normalized spacial score (nSPS) is 21.1. The largest absolute Gasteiger partial charge is 0.103 e. The first-order valence-electron chi connectivity index (χ1n) is 5.89. The lowest BCUT2D eigenvalue weighted by Gasteiger charge is -2.10. The molecule has 1 atom stereocenters. The minimum Gasteiger partial charge on any atom is -0.103 e. The lowest BCUT2D eigenvalue weighted by atomic mass is 9.95. The zero-order valence-corrected chi connectivity index (χ0v) is 10.6. The number of rotatable bonds is 4. The molecule has 0 aliphatic heterocycles. The molecule has 0 fully saturated rings. The van der Waals surface area contributed by atoms with Gasteiger partial charge in [0.25, 0.3) is 0 Å². The monoisotopic (exact) mass is 214 g/mol. The summed E-state index contributed by atoms with van der Waals surface area (Å²) in [5, 5.41) is 0. The highest BCUT2D eigenvalue weighted by molar-refractivity contribution is 5.45. The fourth-order valence-electron chi connectivity index (χ4n) is 2.19. The predicted molar refractivity (Wildman–Crippen MR) is 73.3 cm³/mol. The van der Waals surface area contributed by atoms with Crippen LogP contribution in [-0.2, 0) is 0 Å². The minimum absolute atomic E-state index is 0.491. The molecule has 1 rings (SSSR count). The summed E-state index contributed by atoms with van der Waals surface area (Å²) in [5.41, 5.74) is 5.37. The van der Waals surface area contributed by atoms with Crippen molar-refractivity contribution in [2.24, 2.45) is 5.92 Å². The van der Waals surface area contributed by atoms with Gasteiger partial charge in [-0.1, -0.05) is 42.5 Å². The summed E-state index contributed by atoms with van der Waals surface area (Å²) in [6.45, 7) is 16.1. The van der Waals surface area contributed by atoms with Crippen LogP contribution in [0.1, 0.15) is 33.1 Å². The van der Waals surface area contributed by atoms with Crippen molar-refractivity contribution in [3.05, 3.63) is 60.3 Å². The second-order valence-corrected chi connectivity index (χ2v) is 4.57. The highest BCUT2D eigenvalue weighted by Crippen LogP contribution is 2.32. The molecule has 0 saturated carbocycles. The molecule has 1 aliphatic rings. The zero-order valence-electron chi connectivity index (χ0n) is 10.6. The molecule has 0 aromatic heterocycles. The molecular weight excluding hydrogens is 192 g/mol. The van der Waals surface area contributed by atoms with E-state index in [1.807, 2.05) is 12.2 Å². The van der Waals surface area contributed by atoms with Crippen LogP contribution in [0.15, 0.2) is 60.3 Å². The quantitative estimate of drug-likeness (QED) is 0.579. The second kappa shape index (κ2) is 5.69. The van der Waals surface area contributed by atoms with E-state index in [9.17, 15) is 0 Å². The van der Waals surface area contributed by atoms with E-state index in [-0.39, 0.29) is 0 Å². The van der Waals surface area contributed by atoms with Gasteiger partial charge < -0.3 is 0 Å². The van der Waals surface area contributed by atoms with E-state index in [1.54, 1.807) is 0 Å². The van der Waals surface area contributed by atoms with Crippen LogP contribution in [0.4, 0.5) is 0 Å². The summed E-state index contributed by atoms with van der Waals surface area (Å²) in [4.78, 5) is 0. The highest BCUT2D eigenvalue weighted by Gasteiger charge is 2.15. The van der Waals surface area contributed by atoms with Gasteiger partial charge in [0.05, 0.1) is 0 Å². The van der Waals surface area contributed by atoms with Crippen molar-refractivity contribution in [2.75, 3.05) is 0 Å². The molecule has 1 aliphatic carbocycles. The van der Waals surface area contributed by atoms with Crippen LogP contribution < -0.4 is 0 Å². The van der Waals surface area contributed by atoms with Crippen LogP contribution in [0, 0.1) is 5.92 Å². The first kappa shape index (κ1) is 12.8. The molecule has 0 saturated heterocycles. The molecule has 0 amide bonds. The number of hydrogen-bond donors (Lipinski definition) is 0. The van der Waals surface area contributed by atoms with E-state index in [2.05, 4.69) is 39.7 Å². The molecule has 0 heteroatoms. The third kappa shape index (κ3) is 2.85. The Morgan fingerprint density at radius 2 is 2.19 bits per heavy atom. The molecule has 0 aromatic carbocycles. The van der Waals surface area contributed by atoms with Crippen LogP contribution in [0.2, 0.25) is 0 Å². The first-order valence-corrected chi connectivity index (χ1v) is 5.89. The molecule has 0 aromatic rings. The molecule has 0 unspecified atom stereocenters. The lowest BCUT2D eigenvalue weighted by molar-refractivity contribution is 0.675. The van der Waals surface area contributed by atoms with E-state index in [0.29, 0.717) is 5.92 Å². The topological polar surface area (TPSA) is 0 Å². The average molecular weight is 214 g/mol. The van der Waals surface area contributed by atoms with Crippen molar-refractivity contribution in [3.8, 4) is 0 Å². The van der Waals surface area contributed by atoms with Gasteiger partial charge in [-0.05, 0) is 50.2 Å². The van der Waals surface area contributed by atoms with Gasteiger partial charge in [-0.2, -0.15) is 0 Å². The van der Waals surface area contributed by atoms with Crippen LogP contribution >= 0.6 is 0 Å². The van der Waals surface area contributed by atoms with Crippen molar-refractivity contribution in [3.63, 3.8) is 0 Å². The molecule has 0 nitrogen and oxygen atoms in total. The van der Waals surface area contributed by atoms with E-state index in [0.717, 1.165) is 12.8 Å². The Bertz CT molecular complexity index is 363. The fourth-order valence-corrected chi connectivity index (χ4v) is 2.19. The lowest BCUT2D eigenvalue weighted by Crippen LogP contribution is -1.96. The molecular formula is C16H22. The maximum Gasteiger partial charge on any atom is -0.00166 e. The summed E-state index contributed by atoms with van der Waals surface area (Å²) >= 11 is 0. The first-order chi connectivity index (χ1) is 7.60. The summed E-state index contributed by atoms with van der Waals surface area (Å²) in [6, 6.07) is 0. The smallest absolute Gasteiger partial charge is 0.00166 e. The Kier molecular flexibility index (Phi) is 4.54. The summed E-state index contributed by atoms with van der Waals surface area (Å²) < 4.78 is 0. The van der Waals surface area contributed by atoms with Gasteiger partial charge in [0.2, 0.25) is 0 Å². The maximum absolute atomic E-state index is 4.07. The SMILES string of the molecule is C=CCC1=C(C)CC[C@@H](C(=C)C)C=C1C=C. The molecule has 86 valence electrons. The molecule has 0 heterocycles. The van der Waals surface area contributed by atoms with Crippen molar-refractivity contribution < 1.29 is 0 Å². The molecule has 0 radical (unpaired) electrons. The van der Waals surface area contributed by atoms with Gasteiger partial charge in [-0.15, -0.1) is 6.58 Å². The summed E-state index contributed by atoms with van der Waals surface area (Å²) in [5.74, 6) is 0.491. The fraction of sp³-hybridized carbons (Fsp3) is 0.375. The van der Waals surface area contributed by atoms with Gasteiger partial charge in [0.1, 0.15) is 0 Å². The van der Waals surface area contributed by atoms with Crippen LogP contribution in [0.3, 0.4) is 0 Å². The molecule has 0 bridgehead atoms. The van der Waals surface area contributed by atoms with Crippen LogP contribution in [-0.4, -0.2) is 0 Å². The van der Waals surface area contributed by atoms with Crippen LogP contribution in [0.25, 0.3) is 0 Å². The average Bonchev–Trinajstić information content (AvgIpc) is 2.40. The molecule has 16 heavy (non-hydrogen) atoms. The van der Waals surface area contributed by atoms with Crippen LogP contribution in [0.5, 0.6) is 0 Å². The van der Waals surface area contributed by atoms with Gasteiger partial charge in [-0.3, -0.25) is 0 Å². The second-order valence-electron chi connectivity index (χ2n) is 4.57. The third-order valence-electron chi connectivity index (χ3n) is 3.28. The predicted octanol–water partition coefficient (Wildman–Crippen LogP) is 4.98. The van der Waals surface area contributed by atoms with Gasteiger partial charge >= 0.3 is 0 Å². The number of hydrogen-bond acceptors (Lipinski definition) is 0. The van der Waals surface area contributed by atoms with E-state index in [1.165, 1.54) is 28.7 Å². The Hall–Kier alpha value is -1.30. The Morgan fingerprint density at radius 1 is 1.50 bits per heavy atom. The third-order valence-corrected chi connectivity index (χ3v) is 3.28. The maximum atomic E-state index is 4.07. The number of allylic oxidation sites excluding steroid dienone is 7. The van der Waals surface area contributed by atoms with E-state index in [4.69, 9.17) is 0 Å². The molecule has 0 spiro atoms. The zero-order chi connectivity index (χ0) is 12.1. The molecule has 0 N–H and O–H groups in total. The Balaban J connectivity index is 3.11.